The second-order valence-corrected chi connectivity index (χ2v) is 5.16. The van der Waals surface area contributed by atoms with Crippen molar-refractivity contribution in [2.24, 2.45) is 0 Å². The van der Waals surface area contributed by atoms with Crippen LogP contribution >= 0.6 is 0 Å². The van der Waals surface area contributed by atoms with Crippen molar-refractivity contribution in [3.05, 3.63) is 0 Å². The second-order valence-electron chi connectivity index (χ2n) is 5.16. The van der Waals surface area contributed by atoms with Gasteiger partial charge in [0.1, 0.15) is 11.6 Å². The van der Waals surface area contributed by atoms with E-state index in [9.17, 15) is 9.59 Å². The maximum Gasteiger partial charge on any atom is 0.411 e. The Morgan fingerprint density at radius 3 is 2.35 bits per heavy atom. The van der Waals surface area contributed by atoms with Gasteiger partial charge in [0.05, 0.1) is 12.6 Å². The third-order valence-electron chi connectivity index (χ3n) is 2.60. The number of rotatable bonds is 2. The predicted molar refractivity (Wildman–Crippen MR) is 59.6 cm³/mol. The highest BCUT2D eigenvalue weighted by Crippen LogP contribution is 2.26. The lowest BCUT2D eigenvalue weighted by Crippen LogP contribution is -2.48. The molecule has 6 heteroatoms. The Hall–Kier alpha value is -1.30. The van der Waals surface area contributed by atoms with Crippen LogP contribution in [0.5, 0.6) is 0 Å². The number of amides is 1. The summed E-state index contributed by atoms with van der Waals surface area (Å²) in [6.07, 6.45) is 0.147. The van der Waals surface area contributed by atoms with Crippen molar-refractivity contribution >= 4 is 12.1 Å². The summed E-state index contributed by atoms with van der Waals surface area (Å²) in [5.41, 5.74) is -0.678. The monoisotopic (exact) mass is 245 g/mol. The zero-order valence-electron chi connectivity index (χ0n) is 10.3. The summed E-state index contributed by atoms with van der Waals surface area (Å²) < 4.78 is 5.15. The molecule has 0 aromatic carbocycles. The summed E-state index contributed by atoms with van der Waals surface area (Å²) in [6.45, 7) is 4.89. The van der Waals surface area contributed by atoms with Gasteiger partial charge in [-0.15, -0.1) is 0 Å². The largest absolute Gasteiger partial charge is 0.480 e. The highest BCUT2D eigenvalue weighted by atomic mass is 16.6. The molecule has 2 N–H and O–H groups in total. The number of carbonyl (C=O) groups is 2. The molecule has 0 bridgehead atoms. The van der Waals surface area contributed by atoms with Crippen molar-refractivity contribution in [3.63, 3.8) is 0 Å². The highest BCUT2D eigenvalue weighted by molar-refractivity contribution is 5.81. The van der Waals surface area contributed by atoms with E-state index < -0.39 is 29.7 Å². The Morgan fingerprint density at radius 2 is 1.94 bits per heavy atom. The average Bonchev–Trinajstić information content (AvgIpc) is 2.57. The summed E-state index contributed by atoms with van der Waals surface area (Å²) >= 11 is 0. The maximum absolute atomic E-state index is 11.9. The molecule has 6 nitrogen and oxygen atoms in total. The van der Waals surface area contributed by atoms with Crippen LogP contribution in [-0.4, -0.2) is 51.5 Å². The molecule has 98 valence electrons. The first-order valence-electron chi connectivity index (χ1n) is 5.61. The van der Waals surface area contributed by atoms with Crippen LogP contribution in [-0.2, 0) is 9.53 Å². The average molecular weight is 245 g/mol. The number of ether oxygens (including phenoxy) is 1. The van der Waals surface area contributed by atoms with Gasteiger partial charge in [0, 0.05) is 0 Å². The topological polar surface area (TPSA) is 87.1 Å². The van der Waals surface area contributed by atoms with E-state index in [-0.39, 0.29) is 6.61 Å². The second kappa shape index (κ2) is 4.91. The lowest BCUT2D eigenvalue weighted by atomic mass is 10.2. The van der Waals surface area contributed by atoms with E-state index in [0.717, 1.165) is 4.90 Å². The molecule has 17 heavy (non-hydrogen) atoms. The molecule has 1 aliphatic rings. The number of likely N-dealkylation sites (tertiary alicyclic amines) is 1. The van der Waals surface area contributed by atoms with Crippen LogP contribution in [0.15, 0.2) is 0 Å². The number of carbonyl (C=O) groups excluding carboxylic acids is 1. The van der Waals surface area contributed by atoms with Crippen molar-refractivity contribution in [1.82, 2.24) is 4.90 Å². The van der Waals surface area contributed by atoms with E-state index in [1.807, 2.05) is 0 Å². The van der Waals surface area contributed by atoms with E-state index in [2.05, 4.69) is 0 Å². The summed E-state index contributed by atoms with van der Waals surface area (Å²) in [5, 5.41) is 18.2. The fourth-order valence-corrected chi connectivity index (χ4v) is 1.90. The number of hydrogen-bond donors (Lipinski definition) is 2. The first-order chi connectivity index (χ1) is 7.76. The molecule has 1 saturated heterocycles. The van der Waals surface area contributed by atoms with Gasteiger partial charge in [-0.25, -0.2) is 9.59 Å². The van der Waals surface area contributed by atoms with Crippen molar-refractivity contribution in [1.29, 1.82) is 0 Å². The molecule has 0 aliphatic carbocycles. The molecule has 1 heterocycles. The molecule has 0 aromatic rings. The lowest BCUT2D eigenvalue weighted by molar-refractivity contribution is -0.142. The molecule has 1 aliphatic heterocycles. The lowest BCUT2D eigenvalue weighted by Gasteiger charge is -2.30. The minimum Gasteiger partial charge on any atom is -0.480 e. The van der Waals surface area contributed by atoms with Crippen molar-refractivity contribution in [3.8, 4) is 0 Å². The van der Waals surface area contributed by atoms with Crippen molar-refractivity contribution in [2.75, 3.05) is 6.61 Å². The maximum atomic E-state index is 11.9. The summed E-state index contributed by atoms with van der Waals surface area (Å²) in [4.78, 5) is 24.0. The molecular formula is C11H19NO5. The number of hydrogen-bond acceptors (Lipinski definition) is 4. The number of aliphatic hydroxyl groups excluding tert-OH is 1. The van der Waals surface area contributed by atoms with Crippen molar-refractivity contribution in [2.45, 2.75) is 51.3 Å². The van der Waals surface area contributed by atoms with Crippen LogP contribution in [0.1, 0.15) is 33.6 Å². The molecular weight excluding hydrogens is 226 g/mol. The SMILES string of the molecule is CC(C)(C)OC(=O)N1C(CO)CC[C@H]1C(=O)O. The number of aliphatic carboxylic acids is 1. The Balaban J connectivity index is 2.82. The van der Waals surface area contributed by atoms with Crippen LogP contribution in [0.4, 0.5) is 4.79 Å². The smallest absolute Gasteiger partial charge is 0.411 e. The summed E-state index contributed by atoms with van der Waals surface area (Å²) in [6, 6.07) is -1.37. The zero-order chi connectivity index (χ0) is 13.2. The molecule has 1 fully saturated rings. The van der Waals surface area contributed by atoms with Gasteiger partial charge in [-0.2, -0.15) is 0 Å². The Kier molecular flexibility index (Phi) is 3.98. The standard InChI is InChI=1S/C11H19NO5/c1-11(2,3)17-10(16)12-7(6-13)4-5-8(12)9(14)15/h7-8,13H,4-6H2,1-3H3,(H,14,15)/t7?,8-/m0/s1. The highest BCUT2D eigenvalue weighted by Gasteiger charge is 2.42. The Bertz CT molecular complexity index is 309. The predicted octanol–water partition coefficient (Wildman–Crippen LogP) is 0.831. The van der Waals surface area contributed by atoms with Crippen molar-refractivity contribution < 1.29 is 24.5 Å². The van der Waals surface area contributed by atoms with Crippen LogP contribution in [0.25, 0.3) is 0 Å². The first-order valence-corrected chi connectivity index (χ1v) is 5.61. The first kappa shape index (κ1) is 13.8. The molecule has 0 aromatic heterocycles. The minimum atomic E-state index is -1.06. The normalized spacial score (nSPS) is 24.8. The van der Waals surface area contributed by atoms with Gasteiger partial charge in [0.15, 0.2) is 0 Å². The fourth-order valence-electron chi connectivity index (χ4n) is 1.90. The van der Waals surface area contributed by atoms with E-state index >= 15 is 0 Å². The van der Waals surface area contributed by atoms with Gasteiger partial charge < -0.3 is 14.9 Å². The van der Waals surface area contributed by atoms with Gasteiger partial charge in [-0.3, -0.25) is 4.90 Å². The van der Waals surface area contributed by atoms with Gasteiger partial charge in [0.2, 0.25) is 0 Å². The molecule has 1 unspecified atom stereocenters. The molecule has 1 amide bonds. The molecule has 1 rings (SSSR count). The number of carboxylic acids is 1. The van der Waals surface area contributed by atoms with Crippen LogP contribution in [0.3, 0.4) is 0 Å². The summed E-state index contributed by atoms with van der Waals surface area (Å²) in [7, 11) is 0. The van der Waals surface area contributed by atoms with Gasteiger partial charge >= 0.3 is 12.1 Å². The van der Waals surface area contributed by atoms with E-state index in [1.54, 1.807) is 20.8 Å². The van der Waals surface area contributed by atoms with Crippen LogP contribution in [0.2, 0.25) is 0 Å². The van der Waals surface area contributed by atoms with Gasteiger partial charge in [0.25, 0.3) is 0 Å². The molecule has 0 saturated carbocycles. The Labute approximate surface area is 100 Å². The molecule has 2 atom stereocenters. The third kappa shape index (κ3) is 3.33. The molecule has 0 radical (unpaired) electrons. The van der Waals surface area contributed by atoms with Crippen LogP contribution in [0, 0.1) is 0 Å². The van der Waals surface area contributed by atoms with E-state index in [0.29, 0.717) is 12.8 Å². The van der Waals surface area contributed by atoms with Crippen LogP contribution < -0.4 is 0 Å². The minimum absolute atomic E-state index is 0.247. The van der Waals surface area contributed by atoms with Gasteiger partial charge in [-0.1, -0.05) is 0 Å². The summed E-state index contributed by atoms with van der Waals surface area (Å²) in [5.74, 6) is -1.06. The number of carboxylic acid groups (broad SMARTS) is 1. The number of aliphatic hydroxyl groups is 1. The molecule has 0 spiro atoms. The fraction of sp³-hybridized carbons (Fsp3) is 0.818. The zero-order valence-corrected chi connectivity index (χ0v) is 10.3. The number of nitrogens with zero attached hydrogens (tertiary/aromatic N) is 1. The Morgan fingerprint density at radius 1 is 1.35 bits per heavy atom. The van der Waals surface area contributed by atoms with E-state index in [1.165, 1.54) is 0 Å². The van der Waals surface area contributed by atoms with E-state index in [4.69, 9.17) is 14.9 Å². The quantitative estimate of drug-likeness (QED) is 0.752. The third-order valence-corrected chi connectivity index (χ3v) is 2.60. The van der Waals surface area contributed by atoms with Gasteiger partial charge in [-0.05, 0) is 33.6 Å².